The molecule has 2 nitrogen and oxygen atoms in total. The van der Waals surface area contributed by atoms with E-state index in [0.29, 0.717) is 6.04 Å². The summed E-state index contributed by atoms with van der Waals surface area (Å²) >= 11 is 0. The molecule has 0 N–H and O–H groups in total. The Morgan fingerprint density at radius 2 is 2.50 bits per heavy atom. The average molecular weight is 193 g/mol. The van der Waals surface area contributed by atoms with Crippen LogP contribution in [0, 0.1) is 0 Å². The van der Waals surface area contributed by atoms with Gasteiger partial charge in [0.25, 0.3) is 0 Å². The summed E-state index contributed by atoms with van der Waals surface area (Å²) in [7, 11) is 0. The summed E-state index contributed by atoms with van der Waals surface area (Å²) in [5.74, 6) is 0. The van der Waals surface area contributed by atoms with Crippen LogP contribution < -0.4 is 0 Å². The third-order valence-corrected chi connectivity index (χ3v) is 3.09. The lowest BCUT2D eigenvalue weighted by atomic mass is 10.1. The second-order valence-corrected chi connectivity index (χ2v) is 4.10. The van der Waals surface area contributed by atoms with E-state index in [0.717, 1.165) is 0 Å². The predicted octanol–water partition coefficient (Wildman–Crippen LogP) is 3.22. The first kappa shape index (κ1) is 9.78. The number of unbranched alkanes of at least 4 members (excludes halogenated alkanes) is 1. The van der Waals surface area contributed by atoms with Crippen molar-refractivity contribution in [1.82, 2.24) is 4.90 Å². The fourth-order valence-electron chi connectivity index (χ4n) is 2.30. The Labute approximate surface area is 85.9 Å². The molecule has 0 aliphatic carbocycles. The van der Waals surface area contributed by atoms with Gasteiger partial charge in [0.2, 0.25) is 0 Å². The van der Waals surface area contributed by atoms with E-state index in [1.165, 1.54) is 44.3 Å². The van der Waals surface area contributed by atoms with Crippen LogP contribution in [-0.2, 0) is 0 Å². The molecule has 1 aromatic heterocycles. The van der Waals surface area contributed by atoms with Crippen LogP contribution in [0.3, 0.4) is 0 Å². The third kappa shape index (κ3) is 2.01. The average Bonchev–Trinajstić information content (AvgIpc) is 2.84. The van der Waals surface area contributed by atoms with Gasteiger partial charge in [-0.1, -0.05) is 13.3 Å². The molecule has 1 aromatic rings. The van der Waals surface area contributed by atoms with Crippen molar-refractivity contribution in [3.8, 4) is 0 Å². The lowest BCUT2D eigenvalue weighted by Crippen LogP contribution is -2.23. The van der Waals surface area contributed by atoms with Crippen molar-refractivity contribution in [2.24, 2.45) is 0 Å². The quantitative estimate of drug-likeness (QED) is 0.730. The van der Waals surface area contributed by atoms with Crippen LogP contribution in [0.25, 0.3) is 0 Å². The molecule has 0 saturated carbocycles. The minimum atomic E-state index is 0.625. The van der Waals surface area contributed by atoms with Crippen molar-refractivity contribution in [3.05, 3.63) is 24.2 Å². The zero-order valence-corrected chi connectivity index (χ0v) is 8.91. The second-order valence-electron chi connectivity index (χ2n) is 4.10. The number of hydrogen-bond acceptors (Lipinski definition) is 2. The summed E-state index contributed by atoms with van der Waals surface area (Å²) in [6.07, 6.45) is 8.91. The van der Waals surface area contributed by atoms with E-state index < -0.39 is 0 Å². The lowest BCUT2D eigenvalue weighted by Gasteiger charge is -2.23. The summed E-state index contributed by atoms with van der Waals surface area (Å²) in [5, 5.41) is 0. The van der Waals surface area contributed by atoms with E-state index in [9.17, 15) is 0 Å². The molecule has 2 heterocycles. The molecule has 78 valence electrons. The molecule has 2 rings (SSSR count). The van der Waals surface area contributed by atoms with Gasteiger partial charge in [-0.05, 0) is 38.4 Å². The van der Waals surface area contributed by atoms with Crippen LogP contribution >= 0.6 is 0 Å². The molecule has 0 aromatic carbocycles. The first-order valence-electron chi connectivity index (χ1n) is 5.68. The highest BCUT2D eigenvalue weighted by Crippen LogP contribution is 2.31. The van der Waals surface area contributed by atoms with Crippen LogP contribution in [0.15, 0.2) is 23.0 Å². The largest absolute Gasteiger partial charge is 0.472 e. The Hall–Kier alpha value is -0.760. The Balaban J connectivity index is 1.97. The minimum Gasteiger partial charge on any atom is -0.472 e. The van der Waals surface area contributed by atoms with Crippen molar-refractivity contribution < 1.29 is 4.42 Å². The number of nitrogens with zero attached hydrogens (tertiary/aromatic N) is 1. The zero-order valence-electron chi connectivity index (χ0n) is 8.91. The molecular formula is C12H19NO. The van der Waals surface area contributed by atoms with E-state index in [1.807, 2.05) is 6.26 Å². The van der Waals surface area contributed by atoms with E-state index in [1.54, 1.807) is 6.26 Å². The maximum atomic E-state index is 5.15. The van der Waals surface area contributed by atoms with Crippen LogP contribution in [0.4, 0.5) is 0 Å². The standard InChI is InChI=1S/C12H19NO/c1-2-3-7-13-8-4-5-12(13)11-6-9-14-10-11/h6,9-10,12H,2-5,7-8H2,1H3/t12-/m0/s1. The number of hydrogen-bond donors (Lipinski definition) is 0. The van der Waals surface area contributed by atoms with Crippen LogP contribution in [0.5, 0.6) is 0 Å². The van der Waals surface area contributed by atoms with Crippen molar-refractivity contribution in [3.63, 3.8) is 0 Å². The van der Waals surface area contributed by atoms with Crippen molar-refractivity contribution in [1.29, 1.82) is 0 Å². The monoisotopic (exact) mass is 193 g/mol. The number of furan rings is 1. The number of rotatable bonds is 4. The molecule has 1 fully saturated rings. The van der Waals surface area contributed by atoms with Gasteiger partial charge in [0, 0.05) is 11.6 Å². The topological polar surface area (TPSA) is 16.4 Å². The molecule has 1 saturated heterocycles. The minimum absolute atomic E-state index is 0.625. The molecule has 14 heavy (non-hydrogen) atoms. The van der Waals surface area contributed by atoms with E-state index >= 15 is 0 Å². The van der Waals surface area contributed by atoms with Gasteiger partial charge >= 0.3 is 0 Å². The Bertz CT molecular complexity index is 255. The van der Waals surface area contributed by atoms with Crippen LogP contribution in [0.1, 0.15) is 44.2 Å². The molecule has 0 amide bonds. The van der Waals surface area contributed by atoms with Crippen molar-refractivity contribution in [2.45, 2.75) is 38.6 Å². The van der Waals surface area contributed by atoms with Gasteiger partial charge in [-0.2, -0.15) is 0 Å². The fraction of sp³-hybridized carbons (Fsp3) is 0.667. The molecule has 1 aliphatic heterocycles. The summed E-state index contributed by atoms with van der Waals surface area (Å²) < 4.78 is 5.15. The van der Waals surface area contributed by atoms with Gasteiger partial charge in [-0.15, -0.1) is 0 Å². The maximum Gasteiger partial charge on any atom is 0.0950 e. The summed E-state index contributed by atoms with van der Waals surface area (Å²) in [6, 6.07) is 2.73. The third-order valence-electron chi connectivity index (χ3n) is 3.09. The van der Waals surface area contributed by atoms with Gasteiger partial charge in [-0.3, -0.25) is 4.90 Å². The highest BCUT2D eigenvalue weighted by Gasteiger charge is 2.25. The highest BCUT2D eigenvalue weighted by atomic mass is 16.3. The SMILES string of the molecule is CCCCN1CCC[C@H]1c1ccoc1. The molecule has 1 aliphatic rings. The Morgan fingerprint density at radius 1 is 1.57 bits per heavy atom. The highest BCUT2D eigenvalue weighted by molar-refractivity contribution is 5.13. The molecule has 0 radical (unpaired) electrons. The molecular weight excluding hydrogens is 174 g/mol. The fourth-order valence-corrected chi connectivity index (χ4v) is 2.30. The van der Waals surface area contributed by atoms with E-state index in [2.05, 4.69) is 17.9 Å². The Kier molecular flexibility index (Phi) is 3.25. The zero-order chi connectivity index (χ0) is 9.80. The molecule has 2 heteroatoms. The molecule has 0 spiro atoms. The maximum absolute atomic E-state index is 5.15. The van der Waals surface area contributed by atoms with Crippen LogP contribution in [-0.4, -0.2) is 18.0 Å². The first-order chi connectivity index (χ1) is 6.92. The molecule has 0 unspecified atom stereocenters. The molecule has 0 bridgehead atoms. The number of likely N-dealkylation sites (tertiary alicyclic amines) is 1. The van der Waals surface area contributed by atoms with Crippen molar-refractivity contribution >= 4 is 0 Å². The van der Waals surface area contributed by atoms with Crippen LogP contribution in [0.2, 0.25) is 0 Å². The first-order valence-corrected chi connectivity index (χ1v) is 5.68. The summed E-state index contributed by atoms with van der Waals surface area (Å²) in [4.78, 5) is 2.59. The lowest BCUT2D eigenvalue weighted by molar-refractivity contribution is 0.252. The van der Waals surface area contributed by atoms with Gasteiger partial charge in [0.15, 0.2) is 0 Å². The van der Waals surface area contributed by atoms with Gasteiger partial charge in [0.1, 0.15) is 0 Å². The van der Waals surface area contributed by atoms with Gasteiger partial charge in [-0.25, -0.2) is 0 Å². The Morgan fingerprint density at radius 3 is 3.21 bits per heavy atom. The van der Waals surface area contributed by atoms with Gasteiger partial charge < -0.3 is 4.42 Å². The summed E-state index contributed by atoms with van der Waals surface area (Å²) in [5.41, 5.74) is 1.36. The second kappa shape index (κ2) is 4.65. The van der Waals surface area contributed by atoms with Gasteiger partial charge in [0.05, 0.1) is 12.5 Å². The van der Waals surface area contributed by atoms with E-state index in [4.69, 9.17) is 4.42 Å². The van der Waals surface area contributed by atoms with E-state index in [-0.39, 0.29) is 0 Å². The normalized spacial score (nSPS) is 23.1. The summed E-state index contributed by atoms with van der Waals surface area (Å²) in [6.45, 7) is 4.76. The predicted molar refractivity (Wildman–Crippen MR) is 57.2 cm³/mol. The van der Waals surface area contributed by atoms with Crippen molar-refractivity contribution in [2.75, 3.05) is 13.1 Å². The smallest absolute Gasteiger partial charge is 0.0950 e. The molecule has 1 atom stereocenters.